The molecule has 1 atom stereocenters. The average Bonchev–Trinajstić information content (AvgIpc) is 2.40. The minimum Gasteiger partial charge on any atom is -0.486 e. The van der Waals surface area contributed by atoms with Crippen molar-refractivity contribution >= 4 is 15.9 Å². The second-order valence-electron chi connectivity index (χ2n) is 4.17. The molecule has 0 aliphatic carbocycles. The lowest BCUT2D eigenvalue weighted by atomic mass is 10.1. The van der Waals surface area contributed by atoms with Crippen LogP contribution in [-0.4, -0.2) is 32.9 Å². The Morgan fingerprint density at radius 1 is 1.28 bits per heavy atom. The van der Waals surface area contributed by atoms with Gasteiger partial charge in [0.05, 0.1) is 17.2 Å². The van der Waals surface area contributed by atoms with E-state index in [1.165, 1.54) is 6.07 Å². The van der Waals surface area contributed by atoms with E-state index in [9.17, 15) is 4.39 Å². The maximum absolute atomic E-state index is 14.1. The molecule has 0 aromatic heterocycles. The van der Waals surface area contributed by atoms with E-state index in [1.807, 2.05) is 0 Å². The molecule has 1 saturated heterocycles. The number of morpholine rings is 1. The van der Waals surface area contributed by atoms with Gasteiger partial charge in [0.2, 0.25) is 0 Å². The summed E-state index contributed by atoms with van der Waals surface area (Å²) in [6, 6.07) is 1.37. The minimum atomic E-state index is -0.333. The van der Waals surface area contributed by atoms with Crippen molar-refractivity contribution in [1.82, 2.24) is 5.32 Å². The molecule has 1 aromatic carbocycles. The Labute approximate surface area is 113 Å². The molecule has 0 saturated carbocycles. The van der Waals surface area contributed by atoms with E-state index >= 15 is 0 Å². The van der Waals surface area contributed by atoms with Crippen molar-refractivity contribution in [3.8, 4) is 11.5 Å². The van der Waals surface area contributed by atoms with Gasteiger partial charge < -0.3 is 19.5 Å². The molecule has 3 rings (SSSR count). The third-order valence-electron chi connectivity index (χ3n) is 3.01. The molecule has 1 N–H and O–H groups in total. The molecule has 0 radical (unpaired) electrons. The molecule has 98 valence electrons. The number of fused-ring (bicyclic) bond motifs is 1. The lowest BCUT2D eigenvalue weighted by molar-refractivity contribution is 0.0246. The van der Waals surface area contributed by atoms with Gasteiger partial charge >= 0.3 is 0 Å². The van der Waals surface area contributed by atoms with Gasteiger partial charge in [0.25, 0.3) is 0 Å². The van der Waals surface area contributed by atoms with Crippen LogP contribution in [0.1, 0.15) is 11.7 Å². The van der Waals surface area contributed by atoms with Crippen molar-refractivity contribution in [3.63, 3.8) is 0 Å². The first kappa shape index (κ1) is 12.2. The Kier molecular flexibility index (Phi) is 3.41. The van der Waals surface area contributed by atoms with Gasteiger partial charge in [0, 0.05) is 24.7 Å². The van der Waals surface area contributed by atoms with Gasteiger partial charge in [-0.25, -0.2) is 4.39 Å². The van der Waals surface area contributed by atoms with E-state index in [2.05, 4.69) is 21.2 Å². The molecule has 18 heavy (non-hydrogen) atoms. The average molecular weight is 318 g/mol. The van der Waals surface area contributed by atoms with Crippen molar-refractivity contribution in [3.05, 3.63) is 21.9 Å². The molecule has 6 heteroatoms. The Balaban J connectivity index is 2.02. The number of rotatable bonds is 1. The van der Waals surface area contributed by atoms with Crippen LogP contribution in [0, 0.1) is 5.82 Å². The van der Waals surface area contributed by atoms with Crippen LogP contribution in [0.15, 0.2) is 10.5 Å². The van der Waals surface area contributed by atoms with Crippen molar-refractivity contribution < 1.29 is 18.6 Å². The molecule has 1 unspecified atom stereocenters. The molecular formula is C12H13BrFNO3. The Hall–Kier alpha value is -0.850. The van der Waals surface area contributed by atoms with Gasteiger partial charge in [-0.3, -0.25) is 0 Å². The zero-order valence-corrected chi connectivity index (χ0v) is 11.3. The fourth-order valence-corrected chi connectivity index (χ4v) is 2.93. The van der Waals surface area contributed by atoms with Crippen LogP contribution in [0.3, 0.4) is 0 Å². The van der Waals surface area contributed by atoms with Crippen molar-refractivity contribution in [2.24, 2.45) is 0 Å². The van der Waals surface area contributed by atoms with Crippen molar-refractivity contribution in [2.75, 3.05) is 32.9 Å². The summed E-state index contributed by atoms with van der Waals surface area (Å²) in [5.74, 6) is 0.671. The summed E-state index contributed by atoms with van der Waals surface area (Å²) < 4.78 is 31.2. The summed E-state index contributed by atoms with van der Waals surface area (Å²) in [4.78, 5) is 0. The molecule has 2 aliphatic rings. The fourth-order valence-electron chi connectivity index (χ4n) is 2.18. The normalized spacial score (nSPS) is 22.9. The fraction of sp³-hybridized carbons (Fsp3) is 0.500. The summed E-state index contributed by atoms with van der Waals surface area (Å²) in [6.07, 6.45) is -0.302. The van der Waals surface area contributed by atoms with Crippen LogP contribution < -0.4 is 14.8 Å². The highest BCUT2D eigenvalue weighted by Gasteiger charge is 2.28. The second kappa shape index (κ2) is 5.03. The Bertz CT molecular complexity index is 463. The van der Waals surface area contributed by atoms with Crippen LogP contribution in [0.5, 0.6) is 11.5 Å². The molecule has 2 heterocycles. The first-order chi connectivity index (χ1) is 8.77. The van der Waals surface area contributed by atoms with Gasteiger partial charge in [-0.1, -0.05) is 0 Å². The summed E-state index contributed by atoms with van der Waals surface area (Å²) in [5.41, 5.74) is 0.492. The highest BCUT2D eigenvalue weighted by Crippen LogP contribution is 2.43. The third-order valence-corrected chi connectivity index (χ3v) is 3.80. The summed E-state index contributed by atoms with van der Waals surface area (Å²) in [6.45, 7) is 2.88. The predicted molar refractivity (Wildman–Crippen MR) is 66.7 cm³/mol. The standard InChI is InChI=1S/C12H13BrFNO3/c13-11-10(9-6-15-1-2-16-9)7(14)5-8-12(11)18-4-3-17-8/h5,9,15H,1-4,6H2. The Morgan fingerprint density at radius 3 is 2.89 bits per heavy atom. The van der Waals surface area contributed by atoms with Crippen LogP contribution >= 0.6 is 15.9 Å². The van der Waals surface area contributed by atoms with Gasteiger partial charge in [-0.2, -0.15) is 0 Å². The number of halogens is 2. The molecular weight excluding hydrogens is 305 g/mol. The van der Waals surface area contributed by atoms with E-state index in [0.29, 0.717) is 47.9 Å². The molecule has 1 fully saturated rings. The number of hydrogen-bond donors (Lipinski definition) is 1. The zero-order chi connectivity index (χ0) is 12.5. The van der Waals surface area contributed by atoms with Gasteiger partial charge in [0.15, 0.2) is 11.5 Å². The number of nitrogens with one attached hydrogen (secondary N) is 1. The number of hydrogen-bond acceptors (Lipinski definition) is 4. The largest absolute Gasteiger partial charge is 0.486 e. The first-order valence-electron chi connectivity index (χ1n) is 5.87. The SMILES string of the molecule is Fc1cc2c(c(Br)c1C1CNCCO1)OCCO2. The smallest absolute Gasteiger partial charge is 0.176 e. The number of benzene rings is 1. The highest BCUT2D eigenvalue weighted by atomic mass is 79.9. The van der Waals surface area contributed by atoms with E-state index in [1.54, 1.807) is 0 Å². The zero-order valence-electron chi connectivity index (χ0n) is 9.67. The van der Waals surface area contributed by atoms with Crippen molar-refractivity contribution in [2.45, 2.75) is 6.10 Å². The number of ether oxygens (including phenoxy) is 3. The molecule has 0 amide bonds. The highest BCUT2D eigenvalue weighted by molar-refractivity contribution is 9.10. The lowest BCUT2D eigenvalue weighted by Crippen LogP contribution is -2.34. The molecule has 0 spiro atoms. The van der Waals surface area contributed by atoms with Gasteiger partial charge in [-0.05, 0) is 15.9 Å². The van der Waals surface area contributed by atoms with E-state index in [-0.39, 0.29) is 11.9 Å². The predicted octanol–water partition coefficient (Wildman–Crippen LogP) is 2.02. The minimum absolute atomic E-state index is 0.302. The van der Waals surface area contributed by atoms with Crippen molar-refractivity contribution in [1.29, 1.82) is 0 Å². The summed E-state index contributed by atoms with van der Waals surface area (Å²) in [5, 5.41) is 3.18. The van der Waals surface area contributed by atoms with Gasteiger partial charge in [-0.15, -0.1) is 0 Å². The summed E-state index contributed by atoms with van der Waals surface area (Å²) in [7, 11) is 0. The van der Waals surface area contributed by atoms with Crippen LogP contribution in [0.4, 0.5) is 4.39 Å². The van der Waals surface area contributed by atoms with E-state index < -0.39 is 0 Å². The lowest BCUT2D eigenvalue weighted by Gasteiger charge is -2.27. The maximum atomic E-state index is 14.1. The third kappa shape index (κ3) is 2.08. The van der Waals surface area contributed by atoms with Crippen LogP contribution in [0.25, 0.3) is 0 Å². The van der Waals surface area contributed by atoms with E-state index in [0.717, 1.165) is 6.54 Å². The monoisotopic (exact) mass is 317 g/mol. The van der Waals surface area contributed by atoms with Crippen LogP contribution in [-0.2, 0) is 4.74 Å². The van der Waals surface area contributed by atoms with Crippen LogP contribution in [0.2, 0.25) is 0 Å². The first-order valence-corrected chi connectivity index (χ1v) is 6.66. The molecule has 1 aromatic rings. The molecule has 2 aliphatic heterocycles. The maximum Gasteiger partial charge on any atom is 0.176 e. The topological polar surface area (TPSA) is 39.7 Å². The summed E-state index contributed by atoms with van der Waals surface area (Å²) >= 11 is 3.40. The van der Waals surface area contributed by atoms with E-state index in [4.69, 9.17) is 14.2 Å². The Morgan fingerprint density at radius 2 is 2.11 bits per heavy atom. The van der Waals surface area contributed by atoms with Gasteiger partial charge in [0.1, 0.15) is 19.0 Å². The quantitative estimate of drug-likeness (QED) is 0.860. The second-order valence-corrected chi connectivity index (χ2v) is 4.97. The molecule has 4 nitrogen and oxygen atoms in total. The molecule has 0 bridgehead atoms.